The van der Waals surface area contributed by atoms with Gasteiger partial charge in [0.1, 0.15) is 12.4 Å². The van der Waals surface area contributed by atoms with E-state index in [0.29, 0.717) is 6.61 Å². The first kappa shape index (κ1) is 13.8. The monoisotopic (exact) mass is 286 g/mol. The van der Waals surface area contributed by atoms with E-state index in [2.05, 4.69) is 15.5 Å². The molecule has 2 heterocycles. The summed E-state index contributed by atoms with van der Waals surface area (Å²) in [7, 11) is 0. The van der Waals surface area contributed by atoms with Crippen molar-refractivity contribution < 1.29 is 9.53 Å². The average Bonchev–Trinajstić information content (AvgIpc) is 3.18. The Hall–Kier alpha value is -2.21. The number of hydrogen-bond donors (Lipinski definition) is 1. The summed E-state index contributed by atoms with van der Waals surface area (Å²) in [6, 6.07) is 7.62. The number of carbonyl (C=O) groups excluding carboxylic acids is 1. The van der Waals surface area contributed by atoms with Gasteiger partial charge in [0, 0.05) is 24.4 Å². The lowest BCUT2D eigenvalue weighted by molar-refractivity contribution is -0.124. The molecule has 0 aliphatic carbocycles. The molecule has 1 atom stereocenters. The van der Waals surface area contributed by atoms with Gasteiger partial charge in [-0.2, -0.15) is 0 Å². The number of aromatic nitrogens is 3. The van der Waals surface area contributed by atoms with Crippen LogP contribution in [0.1, 0.15) is 19.8 Å². The number of nitrogens with one attached hydrogen (secondary N) is 1. The molecule has 21 heavy (non-hydrogen) atoms. The number of carbonyl (C=O) groups is 1. The predicted molar refractivity (Wildman–Crippen MR) is 78.7 cm³/mol. The van der Waals surface area contributed by atoms with Crippen molar-refractivity contribution in [3.63, 3.8) is 0 Å². The van der Waals surface area contributed by atoms with Crippen LogP contribution in [0, 0.1) is 0 Å². The molecule has 1 aromatic heterocycles. The smallest absolute Gasteiger partial charge is 0.253 e. The molecule has 2 aromatic rings. The lowest BCUT2D eigenvalue weighted by Gasteiger charge is -2.11. The molecule has 1 fully saturated rings. The minimum atomic E-state index is -0.326. The van der Waals surface area contributed by atoms with Gasteiger partial charge in [-0.05, 0) is 31.9 Å². The van der Waals surface area contributed by atoms with Crippen LogP contribution in [0.4, 0.5) is 5.69 Å². The molecule has 1 N–H and O–H groups in total. The van der Waals surface area contributed by atoms with Crippen LogP contribution in [0.25, 0.3) is 11.4 Å². The van der Waals surface area contributed by atoms with E-state index in [-0.39, 0.29) is 12.0 Å². The molecule has 0 saturated carbocycles. The molecule has 1 aliphatic rings. The van der Waals surface area contributed by atoms with Gasteiger partial charge in [-0.1, -0.05) is 12.1 Å². The highest BCUT2D eigenvalue weighted by Gasteiger charge is 2.23. The standard InChI is InChI=1S/C15H18N4O2/c1-2-19-10-16-18-14(19)11-5-3-6-12(9-11)17-15(20)13-7-4-8-21-13/h3,5-6,9-10,13H,2,4,7-8H2,1H3,(H,17,20). The highest BCUT2D eigenvalue weighted by Crippen LogP contribution is 2.22. The molecule has 110 valence electrons. The fourth-order valence-corrected chi connectivity index (χ4v) is 2.45. The Balaban J connectivity index is 1.78. The second kappa shape index (κ2) is 6.05. The molecule has 0 bridgehead atoms. The first-order valence-electron chi connectivity index (χ1n) is 7.18. The van der Waals surface area contributed by atoms with Gasteiger partial charge in [-0.15, -0.1) is 10.2 Å². The van der Waals surface area contributed by atoms with E-state index in [1.54, 1.807) is 6.33 Å². The van der Waals surface area contributed by atoms with Gasteiger partial charge in [-0.3, -0.25) is 4.79 Å². The highest BCUT2D eigenvalue weighted by molar-refractivity contribution is 5.94. The van der Waals surface area contributed by atoms with Crippen molar-refractivity contribution in [3.8, 4) is 11.4 Å². The van der Waals surface area contributed by atoms with Crippen LogP contribution in [0.5, 0.6) is 0 Å². The van der Waals surface area contributed by atoms with Gasteiger partial charge in [-0.25, -0.2) is 0 Å². The number of nitrogens with zero attached hydrogens (tertiary/aromatic N) is 3. The molecule has 1 saturated heterocycles. The van der Waals surface area contributed by atoms with Crippen molar-refractivity contribution in [3.05, 3.63) is 30.6 Å². The Morgan fingerprint density at radius 2 is 2.43 bits per heavy atom. The van der Waals surface area contributed by atoms with Crippen LogP contribution < -0.4 is 5.32 Å². The van der Waals surface area contributed by atoms with Gasteiger partial charge in [0.05, 0.1) is 0 Å². The zero-order valence-electron chi connectivity index (χ0n) is 12.0. The number of benzene rings is 1. The molecule has 1 aromatic carbocycles. The Bertz CT molecular complexity index is 632. The maximum absolute atomic E-state index is 12.1. The Morgan fingerprint density at radius 3 is 3.19 bits per heavy atom. The molecule has 1 aliphatic heterocycles. The summed E-state index contributed by atoms with van der Waals surface area (Å²) in [6.45, 7) is 3.50. The summed E-state index contributed by atoms with van der Waals surface area (Å²) in [5.74, 6) is 0.715. The third-order valence-electron chi connectivity index (χ3n) is 3.57. The van der Waals surface area contributed by atoms with Crippen molar-refractivity contribution in [2.24, 2.45) is 0 Å². The summed E-state index contributed by atoms with van der Waals surface area (Å²) in [5, 5.41) is 11.0. The predicted octanol–water partition coefficient (Wildman–Crippen LogP) is 2.08. The number of rotatable bonds is 4. The van der Waals surface area contributed by atoms with Gasteiger partial charge in [0.25, 0.3) is 5.91 Å². The van der Waals surface area contributed by atoms with Crippen molar-refractivity contribution >= 4 is 11.6 Å². The lowest BCUT2D eigenvalue weighted by Crippen LogP contribution is -2.26. The minimum Gasteiger partial charge on any atom is -0.368 e. The van der Waals surface area contributed by atoms with Crippen molar-refractivity contribution in [1.82, 2.24) is 14.8 Å². The van der Waals surface area contributed by atoms with Gasteiger partial charge >= 0.3 is 0 Å². The summed E-state index contributed by atoms with van der Waals surface area (Å²) in [6.07, 6.45) is 3.10. The molecule has 6 nitrogen and oxygen atoms in total. The third-order valence-corrected chi connectivity index (χ3v) is 3.57. The largest absolute Gasteiger partial charge is 0.368 e. The first-order chi connectivity index (χ1) is 10.3. The van der Waals surface area contributed by atoms with Crippen LogP contribution in [-0.4, -0.2) is 33.4 Å². The van der Waals surface area contributed by atoms with Crippen molar-refractivity contribution in [1.29, 1.82) is 0 Å². The Morgan fingerprint density at radius 1 is 1.52 bits per heavy atom. The normalized spacial score (nSPS) is 17.9. The van der Waals surface area contributed by atoms with E-state index in [4.69, 9.17) is 4.74 Å². The highest BCUT2D eigenvalue weighted by atomic mass is 16.5. The van der Waals surface area contributed by atoms with E-state index in [1.807, 2.05) is 35.8 Å². The second-order valence-corrected chi connectivity index (χ2v) is 5.01. The van der Waals surface area contributed by atoms with Gasteiger partial charge < -0.3 is 14.6 Å². The summed E-state index contributed by atoms with van der Waals surface area (Å²) in [5.41, 5.74) is 1.68. The summed E-state index contributed by atoms with van der Waals surface area (Å²) < 4.78 is 7.35. The van der Waals surface area contributed by atoms with E-state index >= 15 is 0 Å². The molecule has 1 unspecified atom stereocenters. The summed E-state index contributed by atoms with van der Waals surface area (Å²) in [4.78, 5) is 12.1. The number of hydrogen-bond acceptors (Lipinski definition) is 4. The second-order valence-electron chi connectivity index (χ2n) is 5.01. The fourth-order valence-electron chi connectivity index (χ4n) is 2.45. The number of ether oxygens (including phenoxy) is 1. The van der Waals surface area contributed by atoms with Crippen LogP contribution >= 0.6 is 0 Å². The molecule has 1 amide bonds. The lowest BCUT2D eigenvalue weighted by atomic mass is 10.1. The first-order valence-corrected chi connectivity index (χ1v) is 7.18. The maximum atomic E-state index is 12.1. The number of aryl methyl sites for hydroxylation is 1. The van der Waals surface area contributed by atoms with Crippen LogP contribution in [0.2, 0.25) is 0 Å². The topological polar surface area (TPSA) is 69.0 Å². The Labute approximate surface area is 123 Å². The van der Waals surface area contributed by atoms with E-state index < -0.39 is 0 Å². The van der Waals surface area contributed by atoms with Crippen molar-refractivity contribution in [2.75, 3.05) is 11.9 Å². The van der Waals surface area contributed by atoms with Gasteiger partial charge in [0.15, 0.2) is 5.82 Å². The number of amides is 1. The SMILES string of the molecule is CCn1cnnc1-c1cccc(NC(=O)C2CCCO2)c1. The molecule has 3 rings (SSSR count). The third kappa shape index (κ3) is 2.95. The Kier molecular flexibility index (Phi) is 3.96. The van der Waals surface area contributed by atoms with E-state index in [9.17, 15) is 4.79 Å². The zero-order valence-corrected chi connectivity index (χ0v) is 12.0. The molecule has 0 spiro atoms. The molecular formula is C15H18N4O2. The van der Waals surface area contributed by atoms with Gasteiger partial charge in [0.2, 0.25) is 0 Å². The van der Waals surface area contributed by atoms with Crippen LogP contribution in [0.15, 0.2) is 30.6 Å². The molecular weight excluding hydrogens is 268 g/mol. The fraction of sp³-hybridized carbons (Fsp3) is 0.400. The van der Waals surface area contributed by atoms with Crippen LogP contribution in [0.3, 0.4) is 0 Å². The quantitative estimate of drug-likeness (QED) is 0.934. The van der Waals surface area contributed by atoms with E-state index in [0.717, 1.165) is 36.5 Å². The van der Waals surface area contributed by atoms with E-state index in [1.165, 1.54) is 0 Å². The summed E-state index contributed by atoms with van der Waals surface area (Å²) >= 11 is 0. The minimum absolute atomic E-state index is 0.0818. The number of anilines is 1. The molecule has 6 heteroatoms. The zero-order chi connectivity index (χ0) is 14.7. The molecule has 0 radical (unpaired) electrons. The van der Waals surface area contributed by atoms with Crippen molar-refractivity contribution in [2.45, 2.75) is 32.4 Å². The average molecular weight is 286 g/mol. The maximum Gasteiger partial charge on any atom is 0.253 e. The van der Waals surface area contributed by atoms with Crippen LogP contribution in [-0.2, 0) is 16.1 Å².